The highest BCUT2D eigenvalue weighted by Crippen LogP contribution is 2.56. The van der Waals surface area contributed by atoms with E-state index in [1.54, 1.807) is 17.0 Å². The lowest BCUT2D eigenvalue weighted by atomic mass is 10.5. The van der Waals surface area contributed by atoms with Gasteiger partial charge in [-0.25, -0.2) is 0 Å². The van der Waals surface area contributed by atoms with E-state index in [2.05, 4.69) is 0 Å². The van der Waals surface area contributed by atoms with E-state index in [-0.39, 0.29) is 0 Å². The monoisotopic (exact) mass is 227 g/mol. The van der Waals surface area contributed by atoms with Gasteiger partial charge in [0, 0.05) is 0 Å². The Kier molecular flexibility index (Phi) is 3.74. The van der Waals surface area contributed by atoms with Crippen molar-refractivity contribution in [3.8, 4) is 0 Å². The highest BCUT2D eigenvalue weighted by atomic mass is 35.9. The molecular formula is C6H5Cl3NP. The molecule has 0 aliphatic heterocycles. The first-order valence-electron chi connectivity index (χ1n) is 2.82. The summed E-state index contributed by atoms with van der Waals surface area (Å²) in [5.41, 5.74) is 0. The van der Waals surface area contributed by atoms with E-state index in [4.69, 9.17) is 34.1 Å². The number of rotatable bonds is 2. The summed E-state index contributed by atoms with van der Waals surface area (Å²) in [6.45, 7) is -1.25. The Morgan fingerprint density at radius 3 is 2.09 bits per heavy atom. The molecule has 0 radical (unpaired) electrons. The average molecular weight is 228 g/mol. The van der Waals surface area contributed by atoms with Crippen molar-refractivity contribution in [3.05, 3.63) is 35.8 Å². The quantitative estimate of drug-likeness (QED) is 0.415. The van der Waals surface area contributed by atoms with E-state index in [0.29, 0.717) is 5.24 Å². The van der Waals surface area contributed by atoms with Gasteiger partial charge in [-0.2, -0.15) is 0 Å². The molecule has 60 valence electrons. The van der Waals surface area contributed by atoms with Crippen LogP contribution in [0.5, 0.6) is 0 Å². The largest absolute Gasteiger partial charge is 0.315 e. The zero-order chi connectivity index (χ0) is 8.27. The Morgan fingerprint density at radius 1 is 1.09 bits per heavy atom. The van der Waals surface area contributed by atoms with Gasteiger partial charge in [0.1, 0.15) is 6.63 Å². The van der Waals surface area contributed by atoms with Crippen molar-refractivity contribution in [1.29, 1.82) is 0 Å². The molecule has 0 aromatic carbocycles. The average Bonchev–Trinajstić information content (AvgIpc) is 2.05. The first kappa shape index (κ1) is 9.41. The summed E-state index contributed by atoms with van der Waals surface area (Å²) in [6, 6.07) is 5.61. The molecule has 0 atom stereocenters. The van der Waals surface area contributed by atoms with Crippen LogP contribution in [0.2, 0.25) is 0 Å². The van der Waals surface area contributed by atoms with Crippen LogP contribution >= 0.6 is 40.7 Å². The highest BCUT2D eigenvalue weighted by molar-refractivity contribution is 8.06. The lowest BCUT2D eigenvalue weighted by Gasteiger charge is -2.10. The number of hydrogen-bond acceptors (Lipinski definition) is 0. The lowest BCUT2D eigenvalue weighted by molar-refractivity contribution is -0.630. The number of nitrogens with zero attached hydrogens (tertiary/aromatic N) is 1. The number of halogens is 3. The highest BCUT2D eigenvalue weighted by Gasteiger charge is 2.15. The Bertz CT molecular complexity index is 216. The standard InChI is InChI=1S/C6H5Cl3NP/c7-6(11(8)9)10-4-2-1-3-5-10/h1-5H. The Balaban J connectivity index is 2.77. The van der Waals surface area contributed by atoms with E-state index in [1.807, 2.05) is 18.2 Å². The fraction of sp³-hybridized carbons (Fsp3) is 0. The molecule has 1 heterocycles. The molecule has 1 aromatic rings. The first-order chi connectivity index (χ1) is 5.22. The third-order valence-corrected chi connectivity index (χ3v) is 3.76. The van der Waals surface area contributed by atoms with Gasteiger partial charge in [-0.1, -0.05) is 52.3 Å². The molecule has 0 spiro atoms. The summed E-state index contributed by atoms with van der Waals surface area (Å²) in [6.07, 6.45) is 3.59. The van der Waals surface area contributed by atoms with E-state index >= 15 is 0 Å². The predicted octanol–water partition coefficient (Wildman–Crippen LogP) is 3.30. The van der Waals surface area contributed by atoms with Gasteiger partial charge < -0.3 is 4.57 Å². The van der Waals surface area contributed by atoms with E-state index in [0.717, 1.165) is 0 Å². The first-order valence-corrected chi connectivity index (χ1v) is 6.35. The van der Waals surface area contributed by atoms with Crippen LogP contribution in [-0.4, -0.2) is 0 Å². The molecular weight excluding hydrogens is 223 g/mol. The molecule has 1 nitrogen and oxygen atoms in total. The number of hydrogen-bond donors (Lipinski definition) is 0. The third kappa shape index (κ3) is 2.68. The Hall–Kier alpha value is 0.320. The lowest BCUT2D eigenvalue weighted by Crippen LogP contribution is -2.33. The smallest absolute Gasteiger partial charge is 0.201 e. The van der Waals surface area contributed by atoms with Gasteiger partial charge >= 0.3 is 0 Å². The molecule has 0 amide bonds. The van der Waals surface area contributed by atoms with Crippen molar-refractivity contribution in [2.24, 2.45) is 0 Å². The fourth-order valence-electron chi connectivity index (χ4n) is 0.609. The van der Waals surface area contributed by atoms with E-state index in [9.17, 15) is 0 Å². The Labute approximate surface area is 81.2 Å². The maximum Gasteiger partial charge on any atom is 0.201 e. The van der Waals surface area contributed by atoms with Gasteiger partial charge in [0.2, 0.25) is 5.24 Å². The van der Waals surface area contributed by atoms with Crippen LogP contribution in [-0.2, 0) is 0 Å². The molecule has 0 aliphatic carbocycles. The number of aromatic nitrogens is 1. The number of pyridine rings is 1. The minimum absolute atomic E-state index is 0.448. The molecule has 1 aromatic heterocycles. The Morgan fingerprint density at radius 2 is 1.64 bits per heavy atom. The fourth-order valence-corrected chi connectivity index (χ4v) is 1.55. The van der Waals surface area contributed by atoms with Crippen molar-refractivity contribution in [2.45, 2.75) is 0 Å². The van der Waals surface area contributed by atoms with Gasteiger partial charge in [-0.05, 0) is 0 Å². The van der Waals surface area contributed by atoms with Gasteiger partial charge in [0.25, 0.3) is 0 Å². The van der Waals surface area contributed by atoms with Crippen molar-refractivity contribution in [2.75, 3.05) is 0 Å². The molecule has 0 unspecified atom stereocenters. The van der Waals surface area contributed by atoms with Crippen molar-refractivity contribution >= 4 is 40.7 Å². The summed E-state index contributed by atoms with van der Waals surface area (Å²) in [5.74, 6) is 0. The molecule has 0 saturated heterocycles. The maximum atomic E-state index is 5.79. The summed E-state index contributed by atoms with van der Waals surface area (Å²) in [5, 5.41) is 0.448. The van der Waals surface area contributed by atoms with Crippen LogP contribution in [0.15, 0.2) is 30.6 Å². The van der Waals surface area contributed by atoms with Gasteiger partial charge in [-0.15, -0.1) is 0 Å². The zero-order valence-corrected chi connectivity index (χ0v) is 8.58. The molecule has 0 N–H and O–H groups in total. The van der Waals surface area contributed by atoms with Gasteiger partial charge in [0.15, 0.2) is 0 Å². The summed E-state index contributed by atoms with van der Waals surface area (Å²) in [4.78, 5) is 0. The van der Waals surface area contributed by atoms with Crippen molar-refractivity contribution < 1.29 is 4.57 Å². The second kappa shape index (κ2) is 4.37. The summed E-state index contributed by atoms with van der Waals surface area (Å²) >= 11 is 17.0. The van der Waals surface area contributed by atoms with Crippen LogP contribution in [0.4, 0.5) is 0 Å². The molecule has 0 saturated carbocycles. The normalized spacial score (nSPS) is 10.2. The molecule has 0 aliphatic rings. The topological polar surface area (TPSA) is 3.88 Å². The SMILES string of the molecule is Cl[C-]([n+]1ccccc1)P(Cl)Cl. The summed E-state index contributed by atoms with van der Waals surface area (Å²) < 4.78 is 1.69. The second-order valence-electron chi connectivity index (χ2n) is 1.78. The minimum Gasteiger partial charge on any atom is -0.315 e. The zero-order valence-electron chi connectivity index (χ0n) is 5.42. The van der Waals surface area contributed by atoms with Gasteiger partial charge in [0.05, 0.1) is 12.4 Å². The molecule has 0 bridgehead atoms. The molecule has 0 fully saturated rings. The second-order valence-corrected chi connectivity index (χ2v) is 5.84. The molecule has 5 heteroatoms. The van der Waals surface area contributed by atoms with Crippen LogP contribution < -0.4 is 4.57 Å². The summed E-state index contributed by atoms with van der Waals surface area (Å²) in [7, 11) is 0. The van der Waals surface area contributed by atoms with Crippen molar-refractivity contribution in [3.63, 3.8) is 0 Å². The van der Waals surface area contributed by atoms with Crippen LogP contribution in [0, 0.1) is 5.24 Å². The van der Waals surface area contributed by atoms with Crippen LogP contribution in [0.25, 0.3) is 0 Å². The van der Waals surface area contributed by atoms with E-state index in [1.165, 1.54) is 0 Å². The van der Waals surface area contributed by atoms with Crippen LogP contribution in [0.1, 0.15) is 0 Å². The maximum absolute atomic E-state index is 5.79. The predicted molar refractivity (Wildman–Crippen MR) is 49.8 cm³/mol. The third-order valence-electron chi connectivity index (χ3n) is 1.07. The van der Waals surface area contributed by atoms with Crippen LogP contribution in [0.3, 0.4) is 0 Å². The molecule has 11 heavy (non-hydrogen) atoms. The minimum atomic E-state index is -1.25. The molecule has 1 rings (SSSR count). The van der Waals surface area contributed by atoms with E-state index < -0.39 is 6.63 Å². The van der Waals surface area contributed by atoms with Gasteiger partial charge in [-0.3, -0.25) is 0 Å². The van der Waals surface area contributed by atoms with Crippen molar-refractivity contribution in [1.82, 2.24) is 0 Å².